The first-order valence-electron chi connectivity index (χ1n) is 8.68. The summed E-state index contributed by atoms with van der Waals surface area (Å²) in [5.41, 5.74) is 2.76. The maximum atomic E-state index is 12.2. The Labute approximate surface area is 164 Å². The summed E-state index contributed by atoms with van der Waals surface area (Å²) >= 11 is 3.43. The predicted molar refractivity (Wildman–Crippen MR) is 105 cm³/mol. The van der Waals surface area contributed by atoms with Crippen LogP contribution in [-0.2, 0) is 22.0 Å². The molecule has 6 nitrogen and oxygen atoms in total. The van der Waals surface area contributed by atoms with Crippen LogP contribution >= 0.6 is 15.9 Å². The van der Waals surface area contributed by atoms with Crippen molar-refractivity contribution in [1.29, 1.82) is 0 Å². The number of piperidine rings is 1. The molecule has 1 aromatic heterocycles. The molecule has 1 unspecified atom stereocenters. The number of aryl methyl sites for hydroxylation is 1. The SMILES string of the molecule is Cn1nc(C2CCC(=O)NC2=O)c2ccc(Oc3ccc(CBr)cc3)cc21. The van der Waals surface area contributed by atoms with E-state index in [2.05, 4.69) is 26.3 Å². The number of imide groups is 1. The van der Waals surface area contributed by atoms with Crippen LogP contribution in [-0.4, -0.2) is 21.6 Å². The van der Waals surface area contributed by atoms with Crippen molar-refractivity contribution in [2.24, 2.45) is 7.05 Å². The van der Waals surface area contributed by atoms with Gasteiger partial charge in [-0.05, 0) is 36.2 Å². The molecule has 1 aliphatic rings. The summed E-state index contributed by atoms with van der Waals surface area (Å²) in [6.07, 6.45) is 0.814. The molecule has 3 aromatic rings. The number of carbonyl (C=O) groups excluding carboxylic acids is 2. The lowest BCUT2D eigenvalue weighted by Gasteiger charge is -2.19. The van der Waals surface area contributed by atoms with Gasteiger partial charge in [0.25, 0.3) is 0 Å². The van der Waals surface area contributed by atoms with E-state index in [-0.39, 0.29) is 11.8 Å². The first-order valence-corrected chi connectivity index (χ1v) is 9.80. The fourth-order valence-electron chi connectivity index (χ4n) is 3.32. The molecule has 138 valence electrons. The molecule has 27 heavy (non-hydrogen) atoms. The summed E-state index contributed by atoms with van der Waals surface area (Å²) in [5.74, 6) is 0.546. The van der Waals surface area contributed by atoms with E-state index in [1.807, 2.05) is 49.5 Å². The van der Waals surface area contributed by atoms with Gasteiger partial charge in [0.05, 0.1) is 17.1 Å². The molecular formula is C20H18BrN3O3. The molecule has 7 heteroatoms. The summed E-state index contributed by atoms with van der Waals surface area (Å²) in [6, 6.07) is 13.6. The largest absolute Gasteiger partial charge is 0.457 e. The quantitative estimate of drug-likeness (QED) is 0.507. The van der Waals surface area contributed by atoms with Crippen molar-refractivity contribution in [2.75, 3.05) is 0 Å². The van der Waals surface area contributed by atoms with Crippen LogP contribution in [0.2, 0.25) is 0 Å². The van der Waals surface area contributed by atoms with Gasteiger partial charge < -0.3 is 4.74 Å². The van der Waals surface area contributed by atoms with Crippen molar-refractivity contribution in [3.8, 4) is 11.5 Å². The van der Waals surface area contributed by atoms with Crippen LogP contribution in [0, 0.1) is 0 Å². The lowest BCUT2D eigenvalue weighted by molar-refractivity contribution is -0.134. The molecular weight excluding hydrogens is 410 g/mol. The topological polar surface area (TPSA) is 73.2 Å². The van der Waals surface area contributed by atoms with Crippen LogP contribution in [0.3, 0.4) is 0 Å². The number of nitrogens with one attached hydrogen (secondary N) is 1. The zero-order chi connectivity index (χ0) is 19.0. The smallest absolute Gasteiger partial charge is 0.235 e. The highest BCUT2D eigenvalue weighted by Gasteiger charge is 2.31. The van der Waals surface area contributed by atoms with Gasteiger partial charge in [0.1, 0.15) is 11.5 Å². The number of fused-ring (bicyclic) bond motifs is 1. The number of carbonyl (C=O) groups is 2. The van der Waals surface area contributed by atoms with Crippen LogP contribution < -0.4 is 10.1 Å². The average molecular weight is 428 g/mol. The maximum Gasteiger partial charge on any atom is 0.235 e. The third-order valence-electron chi connectivity index (χ3n) is 4.73. The van der Waals surface area contributed by atoms with Crippen LogP contribution in [0.25, 0.3) is 10.9 Å². The number of halogens is 1. The number of rotatable bonds is 4. The normalized spacial score (nSPS) is 17.2. The molecule has 0 aliphatic carbocycles. The van der Waals surface area contributed by atoms with Gasteiger partial charge in [-0.3, -0.25) is 19.6 Å². The van der Waals surface area contributed by atoms with Crippen LogP contribution in [0.5, 0.6) is 11.5 Å². The Morgan fingerprint density at radius 1 is 1.19 bits per heavy atom. The molecule has 1 fully saturated rings. The minimum atomic E-state index is -0.407. The third kappa shape index (κ3) is 3.47. The van der Waals surface area contributed by atoms with Gasteiger partial charge in [0.15, 0.2) is 0 Å². The van der Waals surface area contributed by atoms with Gasteiger partial charge in [0, 0.05) is 30.3 Å². The summed E-state index contributed by atoms with van der Waals surface area (Å²) in [7, 11) is 1.84. The zero-order valence-corrected chi connectivity index (χ0v) is 16.3. The molecule has 0 bridgehead atoms. The number of ether oxygens (including phenoxy) is 1. The minimum absolute atomic E-state index is 0.224. The van der Waals surface area contributed by atoms with Crippen molar-refractivity contribution in [3.63, 3.8) is 0 Å². The zero-order valence-electron chi connectivity index (χ0n) is 14.7. The van der Waals surface area contributed by atoms with E-state index in [4.69, 9.17) is 4.74 Å². The first-order chi connectivity index (χ1) is 13.0. The molecule has 1 saturated heterocycles. The highest BCUT2D eigenvalue weighted by atomic mass is 79.9. The maximum absolute atomic E-state index is 12.2. The molecule has 2 amide bonds. The van der Waals surface area contributed by atoms with Crippen molar-refractivity contribution in [1.82, 2.24) is 15.1 Å². The molecule has 1 N–H and O–H groups in total. The summed E-state index contributed by atoms with van der Waals surface area (Å²) in [5, 5.41) is 8.64. The second-order valence-electron chi connectivity index (χ2n) is 6.57. The Kier molecular flexibility index (Phi) is 4.70. The summed E-state index contributed by atoms with van der Waals surface area (Å²) in [4.78, 5) is 23.6. The molecule has 1 atom stereocenters. The average Bonchev–Trinajstić information content (AvgIpc) is 2.98. The van der Waals surface area contributed by atoms with Crippen molar-refractivity contribution in [2.45, 2.75) is 24.1 Å². The Balaban J connectivity index is 1.64. The fourth-order valence-corrected chi connectivity index (χ4v) is 3.70. The highest BCUT2D eigenvalue weighted by molar-refractivity contribution is 9.08. The second-order valence-corrected chi connectivity index (χ2v) is 7.13. The number of nitrogens with zero attached hydrogens (tertiary/aromatic N) is 2. The van der Waals surface area contributed by atoms with E-state index in [1.54, 1.807) is 4.68 Å². The third-order valence-corrected chi connectivity index (χ3v) is 5.38. The molecule has 2 aromatic carbocycles. The monoisotopic (exact) mass is 427 g/mol. The van der Waals surface area contributed by atoms with Crippen LogP contribution in [0.1, 0.15) is 30.0 Å². The van der Waals surface area contributed by atoms with Crippen molar-refractivity contribution >= 4 is 38.6 Å². The van der Waals surface area contributed by atoms with Crippen LogP contribution in [0.15, 0.2) is 42.5 Å². The summed E-state index contributed by atoms with van der Waals surface area (Å²) < 4.78 is 7.70. The highest BCUT2D eigenvalue weighted by Crippen LogP contribution is 2.33. The number of hydrogen-bond acceptors (Lipinski definition) is 4. The second kappa shape index (κ2) is 7.15. The van der Waals surface area contributed by atoms with Gasteiger partial charge in [-0.25, -0.2) is 0 Å². The van der Waals surface area contributed by atoms with E-state index in [0.29, 0.717) is 24.3 Å². The Bertz CT molecular complexity index is 1030. The van der Waals surface area contributed by atoms with E-state index >= 15 is 0 Å². The van der Waals surface area contributed by atoms with E-state index in [9.17, 15) is 9.59 Å². The molecule has 4 rings (SSSR count). The predicted octanol–water partition coefficient (Wildman–Crippen LogP) is 3.78. The Hall–Kier alpha value is -2.67. The number of aromatic nitrogens is 2. The van der Waals surface area contributed by atoms with Crippen molar-refractivity contribution in [3.05, 3.63) is 53.7 Å². The molecule has 0 radical (unpaired) electrons. The fraction of sp³-hybridized carbons (Fsp3) is 0.250. The summed E-state index contributed by atoms with van der Waals surface area (Å²) in [6.45, 7) is 0. The van der Waals surface area contributed by atoms with Crippen LogP contribution in [0.4, 0.5) is 0 Å². The first kappa shape index (κ1) is 17.7. The Morgan fingerprint density at radius 3 is 2.63 bits per heavy atom. The molecule has 0 saturated carbocycles. The number of amides is 2. The van der Waals surface area contributed by atoms with Gasteiger partial charge in [-0.15, -0.1) is 0 Å². The van der Waals surface area contributed by atoms with E-state index in [1.165, 1.54) is 5.56 Å². The van der Waals surface area contributed by atoms with Gasteiger partial charge in [-0.1, -0.05) is 28.1 Å². The van der Waals surface area contributed by atoms with Gasteiger partial charge >= 0.3 is 0 Å². The van der Waals surface area contributed by atoms with Gasteiger partial charge in [0.2, 0.25) is 11.8 Å². The Morgan fingerprint density at radius 2 is 1.93 bits per heavy atom. The van der Waals surface area contributed by atoms with Crippen molar-refractivity contribution < 1.29 is 14.3 Å². The standard InChI is InChI=1S/C20H18BrN3O3/c1-24-17-10-14(27-13-4-2-12(11-21)3-5-13)6-7-15(17)19(23-24)16-8-9-18(25)22-20(16)26/h2-7,10,16H,8-9,11H2,1H3,(H,22,25,26). The number of alkyl halides is 1. The number of benzene rings is 2. The lowest BCUT2D eigenvalue weighted by atomic mass is 9.93. The number of hydrogen-bond donors (Lipinski definition) is 1. The molecule has 0 spiro atoms. The van der Waals surface area contributed by atoms with E-state index < -0.39 is 5.92 Å². The van der Waals surface area contributed by atoms with E-state index in [0.717, 1.165) is 22.0 Å². The minimum Gasteiger partial charge on any atom is -0.457 e. The lowest BCUT2D eigenvalue weighted by Crippen LogP contribution is -2.39. The van der Waals surface area contributed by atoms with Gasteiger partial charge in [-0.2, -0.15) is 5.10 Å². The molecule has 2 heterocycles. The molecule has 1 aliphatic heterocycles.